The molecule has 0 amide bonds. The van der Waals surface area contributed by atoms with Crippen molar-refractivity contribution < 1.29 is 19.1 Å². The molecule has 2 fully saturated rings. The highest BCUT2D eigenvalue weighted by atomic mass is 35.5. The van der Waals surface area contributed by atoms with Crippen molar-refractivity contribution in [3.63, 3.8) is 0 Å². The van der Waals surface area contributed by atoms with Gasteiger partial charge < -0.3 is 9.47 Å². The molecule has 0 N–H and O–H groups in total. The van der Waals surface area contributed by atoms with Crippen LogP contribution in [0.3, 0.4) is 0 Å². The Morgan fingerprint density at radius 2 is 1.00 bits per heavy atom. The van der Waals surface area contributed by atoms with Gasteiger partial charge in [-0.2, -0.15) is 0 Å². The van der Waals surface area contributed by atoms with E-state index in [-0.39, 0.29) is 23.4 Å². The van der Waals surface area contributed by atoms with E-state index in [0.29, 0.717) is 22.5 Å². The average Bonchev–Trinajstić information content (AvgIpc) is 3.10. The van der Waals surface area contributed by atoms with Gasteiger partial charge in [0.05, 0.1) is 23.2 Å². The molecule has 6 nitrogen and oxygen atoms in total. The predicted molar refractivity (Wildman–Crippen MR) is 186 cm³/mol. The van der Waals surface area contributed by atoms with Crippen LogP contribution in [0.15, 0.2) is 48.5 Å². The summed E-state index contributed by atoms with van der Waals surface area (Å²) >= 11 is 12.3. The van der Waals surface area contributed by atoms with Gasteiger partial charge >= 0.3 is 0 Å². The number of ketones is 2. The molecule has 4 aromatic rings. The number of aromatic nitrogens is 2. The van der Waals surface area contributed by atoms with Crippen molar-refractivity contribution in [2.24, 2.45) is 11.8 Å². The van der Waals surface area contributed by atoms with E-state index in [0.717, 1.165) is 108 Å². The smallest absolute Gasteiger partial charge is 0.165 e. The molecule has 46 heavy (non-hydrogen) atoms. The zero-order valence-electron chi connectivity index (χ0n) is 27.3. The molecule has 244 valence electrons. The summed E-state index contributed by atoms with van der Waals surface area (Å²) < 4.78 is 10.8. The summed E-state index contributed by atoms with van der Waals surface area (Å²) in [6.07, 6.45) is 9.82. The van der Waals surface area contributed by atoms with Gasteiger partial charge in [-0.15, -0.1) is 0 Å². The van der Waals surface area contributed by atoms with E-state index >= 15 is 0 Å². The van der Waals surface area contributed by atoms with Crippen molar-refractivity contribution in [2.45, 2.75) is 90.3 Å². The highest BCUT2D eigenvalue weighted by Gasteiger charge is 2.28. The molecular formula is C38H44Cl2N2O4. The molecule has 6 rings (SSSR count). The molecule has 2 aliphatic carbocycles. The average molecular weight is 664 g/mol. The Labute approximate surface area is 282 Å². The number of carbonyl (C=O) groups is 2. The minimum atomic E-state index is 0.116. The molecule has 2 saturated carbocycles. The molecule has 2 aromatic heterocycles. The fraction of sp³-hybridized carbons (Fsp3) is 0.474. The Balaban J connectivity index is 0.000000181. The lowest BCUT2D eigenvalue weighted by molar-refractivity contribution is 0.0515. The number of methoxy groups -OCH3 is 2. The maximum Gasteiger partial charge on any atom is 0.165 e. The summed E-state index contributed by atoms with van der Waals surface area (Å²) in [7, 11) is 3.50. The number of halogens is 2. The molecule has 0 atom stereocenters. The van der Waals surface area contributed by atoms with Crippen molar-refractivity contribution >= 4 is 56.6 Å². The van der Waals surface area contributed by atoms with Crippen LogP contribution in [0.2, 0.25) is 10.3 Å². The predicted octanol–water partition coefficient (Wildman–Crippen LogP) is 9.68. The molecular weight excluding hydrogens is 619 g/mol. The summed E-state index contributed by atoms with van der Waals surface area (Å²) in [5.74, 6) is 0.721. The Bertz CT molecular complexity index is 1570. The Morgan fingerprint density at radius 1 is 0.630 bits per heavy atom. The van der Waals surface area contributed by atoms with E-state index in [9.17, 15) is 9.59 Å². The molecule has 8 heteroatoms. The van der Waals surface area contributed by atoms with E-state index in [1.165, 1.54) is 0 Å². The van der Waals surface area contributed by atoms with Crippen LogP contribution >= 0.6 is 23.2 Å². The van der Waals surface area contributed by atoms with Crippen LogP contribution in [-0.2, 0) is 22.3 Å². The van der Waals surface area contributed by atoms with Gasteiger partial charge in [0.25, 0.3) is 0 Å². The number of benzene rings is 2. The molecule has 0 bridgehead atoms. The molecule has 0 aliphatic heterocycles. The first-order valence-corrected chi connectivity index (χ1v) is 17.3. The van der Waals surface area contributed by atoms with Crippen LogP contribution < -0.4 is 0 Å². The number of ether oxygens (including phenoxy) is 2. The quantitative estimate of drug-likeness (QED) is 0.138. The summed E-state index contributed by atoms with van der Waals surface area (Å²) in [5, 5.41) is 3.08. The van der Waals surface area contributed by atoms with Gasteiger partial charge in [-0.3, -0.25) is 9.59 Å². The minimum Gasteiger partial charge on any atom is -0.381 e. The number of Topliss-reactive ketones (excluding diaryl/α,β-unsaturated/α-hetero) is 2. The van der Waals surface area contributed by atoms with Gasteiger partial charge in [-0.05, 0) is 124 Å². The highest BCUT2D eigenvalue weighted by molar-refractivity contribution is 6.31. The lowest BCUT2D eigenvalue weighted by Gasteiger charge is -2.26. The fourth-order valence-corrected chi connectivity index (χ4v) is 7.35. The molecule has 0 spiro atoms. The van der Waals surface area contributed by atoms with E-state index in [1.54, 1.807) is 14.2 Å². The number of nitrogens with zero attached hydrogens (tertiary/aromatic N) is 2. The van der Waals surface area contributed by atoms with E-state index in [2.05, 4.69) is 23.8 Å². The number of hydrogen-bond donors (Lipinski definition) is 0. The first kappa shape index (κ1) is 34.4. The van der Waals surface area contributed by atoms with Crippen molar-refractivity contribution in [3.05, 3.63) is 81.1 Å². The largest absolute Gasteiger partial charge is 0.381 e. The third-order valence-electron chi connectivity index (χ3n) is 9.77. The van der Waals surface area contributed by atoms with Crippen molar-refractivity contribution in [2.75, 3.05) is 14.2 Å². The van der Waals surface area contributed by atoms with Gasteiger partial charge in [0.2, 0.25) is 0 Å². The molecule has 0 radical (unpaired) electrons. The lowest BCUT2D eigenvalue weighted by atomic mass is 9.82. The molecule has 0 saturated heterocycles. The van der Waals surface area contributed by atoms with Crippen LogP contribution in [0.4, 0.5) is 0 Å². The Hall–Kier alpha value is -2.90. The lowest BCUT2D eigenvalue weighted by Crippen LogP contribution is -2.25. The van der Waals surface area contributed by atoms with Crippen LogP contribution in [-0.4, -0.2) is 48.0 Å². The van der Waals surface area contributed by atoms with Crippen LogP contribution in [0.25, 0.3) is 21.8 Å². The summed E-state index contributed by atoms with van der Waals surface area (Å²) in [6.45, 7) is 4.11. The third-order valence-corrected chi connectivity index (χ3v) is 10.4. The maximum atomic E-state index is 12.8. The van der Waals surface area contributed by atoms with Crippen molar-refractivity contribution in [1.29, 1.82) is 0 Å². The standard InChI is InChI=1S/2C19H22ClNO2/c2*1-3-12-10-15-11-14(6-9-17(15)21-19(12)20)18(22)13-4-7-16(23-2)8-5-13/h2*6,9-11,13,16H,3-5,7-8H2,1-2H3. The molecule has 2 heterocycles. The summed E-state index contributed by atoms with van der Waals surface area (Å²) in [5.41, 5.74) is 5.28. The first-order chi connectivity index (χ1) is 22.2. The summed E-state index contributed by atoms with van der Waals surface area (Å²) in [6, 6.07) is 15.6. The number of pyridine rings is 2. The molecule has 2 aromatic carbocycles. The zero-order chi connectivity index (χ0) is 32.8. The number of aryl methyl sites for hydroxylation is 2. The van der Waals surface area contributed by atoms with Gasteiger partial charge in [0, 0.05) is 48.0 Å². The van der Waals surface area contributed by atoms with Gasteiger partial charge in [0.1, 0.15) is 10.3 Å². The normalized spacial score (nSPS) is 21.5. The second kappa shape index (κ2) is 15.8. The molecule has 2 aliphatic rings. The van der Waals surface area contributed by atoms with Gasteiger partial charge in [-0.1, -0.05) is 37.0 Å². The first-order valence-electron chi connectivity index (χ1n) is 16.6. The number of rotatable bonds is 8. The zero-order valence-corrected chi connectivity index (χ0v) is 28.8. The number of hydrogen-bond acceptors (Lipinski definition) is 6. The van der Waals surface area contributed by atoms with E-state index in [4.69, 9.17) is 32.7 Å². The summed E-state index contributed by atoms with van der Waals surface area (Å²) in [4.78, 5) is 34.4. The second-order valence-corrected chi connectivity index (χ2v) is 13.3. The molecule has 0 unspecified atom stereocenters. The van der Waals surface area contributed by atoms with Crippen LogP contribution in [0.5, 0.6) is 0 Å². The van der Waals surface area contributed by atoms with Crippen LogP contribution in [0.1, 0.15) is 97.1 Å². The topological polar surface area (TPSA) is 78.4 Å². The van der Waals surface area contributed by atoms with Gasteiger partial charge in [-0.25, -0.2) is 9.97 Å². The third kappa shape index (κ3) is 7.96. The van der Waals surface area contributed by atoms with Crippen LogP contribution in [0, 0.1) is 11.8 Å². The number of fused-ring (bicyclic) bond motifs is 2. The minimum absolute atomic E-state index is 0.116. The second-order valence-electron chi connectivity index (χ2n) is 12.5. The monoisotopic (exact) mass is 662 g/mol. The number of carbonyl (C=O) groups excluding carboxylic acids is 2. The Kier molecular flexibility index (Phi) is 11.8. The fourth-order valence-electron chi connectivity index (χ4n) is 6.79. The SMILES string of the molecule is CCc1cc2cc(C(=O)C3CCC(OC)CC3)ccc2nc1Cl.CCc1cc2cc(C(=O)C3CCC(OC)CC3)ccc2nc1Cl. The van der Waals surface area contributed by atoms with Gasteiger partial charge in [0.15, 0.2) is 11.6 Å². The van der Waals surface area contributed by atoms with Crippen molar-refractivity contribution in [3.8, 4) is 0 Å². The Morgan fingerprint density at radius 3 is 1.33 bits per heavy atom. The van der Waals surface area contributed by atoms with E-state index < -0.39 is 0 Å². The maximum absolute atomic E-state index is 12.8. The van der Waals surface area contributed by atoms with Crippen molar-refractivity contribution in [1.82, 2.24) is 9.97 Å². The highest BCUT2D eigenvalue weighted by Crippen LogP contribution is 2.32. The van der Waals surface area contributed by atoms with E-state index in [1.807, 2.05) is 48.5 Å².